The Morgan fingerprint density at radius 3 is 2.33 bits per heavy atom. The molecule has 0 atom stereocenters. The first-order valence-electron chi connectivity index (χ1n) is 9.17. The molecule has 0 saturated heterocycles. The Hall–Kier alpha value is -3.66. The lowest BCUT2D eigenvalue weighted by Crippen LogP contribution is -2.33. The van der Waals surface area contributed by atoms with Gasteiger partial charge in [-0.2, -0.15) is 4.68 Å². The number of anilines is 1. The number of nitrogens with zero attached hydrogens (tertiary/aromatic N) is 7. The highest BCUT2D eigenvalue weighted by Gasteiger charge is 2.16. The molecular formula is C20H20N8OS. The van der Waals surface area contributed by atoms with Gasteiger partial charge in [-0.25, -0.2) is 14.2 Å². The van der Waals surface area contributed by atoms with Crippen LogP contribution in [0.15, 0.2) is 75.6 Å². The summed E-state index contributed by atoms with van der Waals surface area (Å²) in [6.07, 6.45) is 1.83. The van der Waals surface area contributed by atoms with E-state index in [4.69, 9.17) is 4.99 Å². The van der Waals surface area contributed by atoms with Crippen molar-refractivity contribution in [1.82, 2.24) is 29.2 Å². The van der Waals surface area contributed by atoms with Gasteiger partial charge >= 0.3 is 0 Å². The summed E-state index contributed by atoms with van der Waals surface area (Å²) < 4.78 is 4.86. The third kappa shape index (κ3) is 3.77. The van der Waals surface area contributed by atoms with Crippen LogP contribution in [0.1, 0.15) is 5.69 Å². The lowest BCUT2D eigenvalue weighted by atomic mass is 10.3. The standard InChI is InChI=1S/C20H20N8OS/c1-14-17(29)28(20(30-3)23-22-14)25-18-24-26(2)19(21-15-10-6-4-7-11-15)27(18)16-12-8-5-9-13-16/h4-13H,1-3H3,(H,24,25). The molecule has 0 unspecified atom stereocenters. The van der Waals surface area contributed by atoms with E-state index in [1.165, 1.54) is 16.4 Å². The Labute approximate surface area is 176 Å². The van der Waals surface area contributed by atoms with E-state index in [1.807, 2.05) is 71.5 Å². The van der Waals surface area contributed by atoms with Gasteiger partial charge in [-0.05, 0) is 37.4 Å². The molecule has 4 aromatic rings. The number of benzene rings is 2. The normalized spacial score (nSPS) is 11.6. The molecule has 152 valence electrons. The molecule has 0 bridgehead atoms. The van der Waals surface area contributed by atoms with Gasteiger partial charge in [0.15, 0.2) is 0 Å². The second-order valence-corrected chi connectivity index (χ2v) is 7.16. The summed E-state index contributed by atoms with van der Waals surface area (Å²) >= 11 is 1.31. The van der Waals surface area contributed by atoms with Crippen molar-refractivity contribution in [2.45, 2.75) is 12.1 Å². The zero-order valence-electron chi connectivity index (χ0n) is 16.7. The van der Waals surface area contributed by atoms with E-state index >= 15 is 0 Å². The van der Waals surface area contributed by atoms with Gasteiger partial charge in [-0.15, -0.1) is 15.3 Å². The SMILES string of the molecule is CSc1nnc(C)c(=O)n1Nc1nn(C)c(=Nc2ccccc2)n1-c1ccccc1. The lowest BCUT2D eigenvalue weighted by molar-refractivity contribution is 0.658. The predicted molar refractivity (Wildman–Crippen MR) is 116 cm³/mol. The summed E-state index contributed by atoms with van der Waals surface area (Å²) in [5.74, 6) is 0.420. The molecule has 2 aromatic heterocycles. The third-order valence-corrected chi connectivity index (χ3v) is 4.96. The van der Waals surface area contributed by atoms with Crippen LogP contribution in [0.4, 0.5) is 11.6 Å². The first kappa shape index (κ1) is 19.6. The highest BCUT2D eigenvalue weighted by molar-refractivity contribution is 7.98. The summed E-state index contributed by atoms with van der Waals surface area (Å²) in [5.41, 5.74) is 5.33. The summed E-state index contributed by atoms with van der Waals surface area (Å²) in [5, 5.41) is 13.0. The van der Waals surface area contributed by atoms with Crippen LogP contribution in [0.5, 0.6) is 0 Å². The van der Waals surface area contributed by atoms with Gasteiger partial charge in [0, 0.05) is 7.05 Å². The highest BCUT2D eigenvalue weighted by atomic mass is 32.2. The van der Waals surface area contributed by atoms with Crippen LogP contribution in [0.25, 0.3) is 5.69 Å². The van der Waals surface area contributed by atoms with Crippen LogP contribution >= 0.6 is 11.8 Å². The third-order valence-electron chi connectivity index (χ3n) is 4.33. The van der Waals surface area contributed by atoms with Gasteiger partial charge in [0.1, 0.15) is 5.69 Å². The minimum absolute atomic E-state index is 0.289. The van der Waals surface area contributed by atoms with Crippen molar-refractivity contribution in [2.24, 2.45) is 12.0 Å². The molecule has 2 heterocycles. The number of hydrogen-bond donors (Lipinski definition) is 1. The largest absolute Gasteiger partial charge is 0.294 e. The van der Waals surface area contributed by atoms with Crippen molar-refractivity contribution < 1.29 is 0 Å². The van der Waals surface area contributed by atoms with Crippen molar-refractivity contribution >= 4 is 23.4 Å². The van der Waals surface area contributed by atoms with Crippen LogP contribution < -0.4 is 16.6 Å². The Kier molecular flexibility index (Phi) is 5.48. The van der Waals surface area contributed by atoms with Crippen molar-refractivity contribution in [3.63, 3.8) is 0 Å². The fourth-order valence-electron chi connectivity index (χ4n) is 2.88. The summed E-state index contributed by atoms with van der Waals surface area (Å²) in [6, 6.07) is 19.3. The first-order valence-corrected chi connectivity index (χ1v) is 10.4. The molecule has 0 aliphatic heterocycles. The Bertz CT molecular complexity index is 1290. The molecule has 0 saturated carbocycles. The average molecular weight is 421 g/mol. The van der Waals surface area contributed by atoms with Gasteiger partial charge in [0.2, 0.25) is 16.7 Å². The van der Waals surface area contributed by atoms with Crippen molar-refractivity contribution in [3.8, 4) is 5.69 Å². The monoisotopic (exact) mass is 420 g/mol. The molecule has 10 heteroatoms. The van der Waals surface area contributed by atoms with E-state index in [2.05, 4.69) is 20.7 Å². The molecule has 9 nitrogen and oxygen atoms in total. The molecule has 30 heavy (non-hydrogen) atoms. The van der Waals surface area contributed by atoms with E-state index in [1.54, 1.807) is 18.7 Å². The number of rotatable bonds is 5. The number of para-hydroxylation sites is 2. The maximum absolute atomic E-state index is 12.7. The number of thioether (sulfide) groups is 1. The van der Waals surface area contributed by atoms with Crippen LogP contribution in [0.2, 0.25) is 0 Å². The fraction of sp³-hybridized carbons (Fsp3) is 0.150. The van der Waals surface area contributed by atoms with Gasteiger partial charge in [0.25, 0.3) is 5.56 Å². The Morgan fingerprint density at radius 2 is 1.67 bits per heavy atom. The predicted octanol–water partition coefficient (Wildman–Crippen LogP) is 2.30. The number of aryl methyl sites for hydroxylation is 2. The fourth-order valence-corrected chi connectivity index (χ4v) is 3.32. The quantitative estimate of drug-likeness (QED) is 0.498. The van der Waals surface area contributed by atoms with Crippen LogP contribution in [-0.4, -0.2) is 35.5 Å². The number of nitrogens with one attached hydrogen (secondary N) is 1. The number of aromatic nitrogens is 6. The van der Waals surface area contributed by atoms with Crippen LogP contribution in [-0.2, 0) is 7.05 Å². The van der Waals surface area contributed by atoms with Gasteiger partial charge < -0.3 is 0 Å². The van der Waals surface area contributed by atoms with E-state index in [0.717, 1.165) is 11.4 Å². The van der Waals surface area contributed by atoms with E-state index in [0.29, 0.717) is 16.7 Å². The second kappa shape index (κ2) is 8.37. The van der Waals surface area contributed by atoms with Gasteiger partial charge in [-0.1, -0.05) is 48.2 Å². The van der Waals surface area contributed by atoms with E-state index < -0.39 is 0 Å². The molecule has 0 spiro atoms. The Morgan fingerprint density at radius 1 is 1.00 bits per heavy atom. The van der Waals surface area contributed by atoms with E-state index in [-0.39, 0.29) is 11.3 Å². The molecule has 0 amide bonds. The lowest BCUT2D eigenvalue weighted by Gasteiger charge is -2.13. The average Bonchev–Trinajstić information content (AvgIpc) is 3.07. The van der Waals surface area contributed by atoms with Gasteiger partial charge in [0.05, 0.1) is 11.4 Å². The Balaban J connectivity index is 1.95. The zero-order chi connectivity index (χ0) is 21.1. The summed E-state index contributed by atoms with van der Waals surface area (Å²) in [4.78, 5) is 17.5. The maximum atomic E-state index is 12.7. The maximum Gasteiger partial charge on any atom is 0.294 e. The smallest absolute Gasteiger partial charge is 0.265 e. The molecular weight excluding hydrogens is 400 g/mol. The summed E-state index contributed by atoms with van der Waals surface area (Å²) in [6.45, 7) is 1.62. The summed E-state index contributed by atoms with van der Waals surface area (Å²) in [7, 11) is 1.81. The first-order chi connectivity index (χ1) is 14.6. The zero-order valence-corrected chi connectivity index (χ0v) is 17.5. The molecule has 4 rings (SSSR count). The van der Waals surface area contributed by atoms with Crippen molar-refractivity contribution in [1.29, 1.82) is 0 Å². The van der Waals surface area contributed by atoms with Crippen LogP contribution in [0.3, 0.4) is 0 Å². The number of hydrogen-bond acceptors (Lipinski definition) is 7. The topological polar surface area (TPSA) is 94.9 Å². The highest BCUT2D eigenvalue weighted by Crippen LogP contribution is 2.15. The molecule has 0 fully saturated rings. The molecule has 1 N–H and O–H groups in total. The minimum atomic E-state index is -0.291. The molecule has 0 radical (unpaired) electrons. The van der Waals surface area contributed by atoms with Crippen molar-refractivity contribution in [3.05, 3.63) is 82.3 Å². The van der Waals surface area contributed by atoms with Crippen LogP contribution in [0, 0.1) is 6.92 Å². The minimum Gasteiger partial charge on any atom is -0.265 e. The second-order valence-electron chi connectivity index (χ2n) is 6.39. The van der Waals surface area contributed by atoms with E-state index in [9.17, 15) is 4.79 Å². The molecule has 0 aliphatic carbocycles. The molecule has 0 aliphatic rings. The molecule has 2 aromatic carbocycles. The van der Waals surface area contributed by atoms with Crippen molar-refractivity contribution in [2.75, 3.05) is 11.7 Å². The van der Waals surface area contributed by atoms with Gasteiger partial charge in [-0.3, -0.25) is 10.2 Å².